The molecule has 5 rings (SSSR count). The van der Waals surface area contributed by atoms with Crippen LogP contribution >= 0.6 is 11.8 Å². The monoisotopic (exact) mass is 594 g/mol. The Morgan fingerprint density at radius 3 is 2.40 bits per heavy atom. The van der Waals surface area contributed by atoms with Crippen molar-refractivity contribution in [1.29, 1.82) is 0 Å². The van der Waals surface area contributed by atoms with E-state index >= 15 is 0 Å². The summed E-state index contributed by atoms with van der Waals surface area (Å²) in [6, 6.07) is 21.6. The van der Waals surface area contributed by atoms with Crippen molar-refractivity contribution in [2.75, 3.05) is 22.9 Å². The normalized spacial score (nSPS) is 16.4. The summed E-state index contributed by atoms with van der Waals surface area (Å²) in [5.41, 5.74) is 7.99. The standard InChI is InChI=1S/C36H42N4O2S/c1-5-6-7-8-10-27-12-14-29(15-13-27)34(41)38-30-18-16-28(17-19-30)33-32(26(4)37-36-40(33)21-9-22-43-36)35(42)39-31-20-11-24(2)23-25(31)3/h11-20,23,33H,5-10,21-22H2,1-4H3,(H,38,41)(H,39,42). The van der Waals surface area contributed by atoms with Gasteiger partial charge in [-0.1, -0.05) is 79.9 Å². The highest BCUT2D eigenvalue weighted by atomic mass is 32.2. The van der Waals surface area contributed by atoms with Gasteiger partial charge in [0.1, 0.15) is 0 Å². The fourth-order valence-corrected chi connectivity index (χ4v) is 6.80. The molecule has 0 saturated carbocycles. The number of aryl methyl sites for hydroxylation is 3. The maximum absolute atomic E-state index is 13.8. The van der Waals surface area contributed by atoms with Crippen molar-refractivity contribution in [1.82, 2.24) is 4.90 Å². The molecule has 2 aliphatic heterocycles. The van der Waals surface area contributed by atoms with E-state index in [9.17, 15) is 9.59 Å². The summed E-state index contributed by atoms with van der Waals surface area (Å²) in [6.07, 6.45) is 6.99. The molecule has 224 valence electrons. The largest absolute Gasteiger partial charge is 0.340 e. The second-order valence-corrected chi connectivity index (χ2v) is 12.6. The molecule has 1 atom stereocenters. The molecule has 0 aliphatic carbocycles. The predicted molar refractivity (Wildman–Crippen MR) is 180 cm³/mol. The van der Waals surface area contributed by atoms with Crippen LogP contribution in [0.15, 0.2) is 83.0 Å². The topological polar surface area (TPSA) is 73.8 Å². The van der Waals surface area contributed by atoms with Gasteiger partial charge in [0.15, 0.2) is 5.17 Å². The summed E-state index contributed by atoms with van der Waals surface area (Å²) in [6.45, 7) is 9.03. The Labute approximate surface area is 260 Å². The molecule has 0 aromatic heterocycles. The Hall–Kier alpha value is -3.84. The van der Waals surface area contributed by atoms with Gasteiger partial charge in [-0.25, -0.2) is 4.99 Å². The molecule has 3 aromatic rings. The molecule has 1 saturated heterocycles. The number of allylic oxidation sites excluding steroid dienone is 1. The molecule has 2 N–H and O–H groups in total. The van der Waals surface area contributed by atoms with Crippen molar-refractivity contribution in [3.05, 3.63) is 106 Å². The number of carbonyl (C=O) groups is 2. The summed E-state index contributed by atoms with van der Waals surface area (Å²) >= 11 is 1.74. The van der Waals surface area contributed by atoms with E-state index in [4.69, 9.17) is 4.99 Å². The number of fused-ring (bicyclic) bond motifs is 1. The van der Waals surface area contributed by atoms with Crippen LogP contribution in [0, 0.1) is 13.8 Å². The average molecular weight is 595 g/mol. The Morgan fingerprint density at radius 2 is 1.67 bits per heavy atom. The number of anilines is 2. The molecule has 2 aliphatic rings. The van der Waals surface area contributed by atoms with E-state index in [1.165, 1.54) is 31.2 Å². The van der Waals surface area contributed by atoms with Gasteiger partial charge in [0.05, 0.1) is 17.3 Å². The first-order valence-corrected chi connectivity index (χ1v) is 16.4. The van der Waals surface area contributed by atoms with Crippen molar-refractivity contribution < 1.29 is 9.59 Å². The van der Waals surface area contributed by atoms with E-state index < -0.39 is 0 Å². The number of nitrogens with one attached hydrogen (secondary N) is 2. The van der Waals surface area contributed by atoms with Crippen LogP contribution in [0.5, 0.6) is 0 Å². The lowest BCUT2D eigenvalue weighted by Gasteiger charge is -2.41. The average Bonchev–Trinajstić information content (AvgIpc) is 3.00. The molecular formula is C36H42N4O2S. The van der Waals surface area contributed by atoms with Crippen molar-refractivity contribution in [3.8, 4) is 0 Å². The molecule has 2 heterocycles. The number of hydrogen-bond donors (Lipinski definition) is 2. The highest BCUT2D eigenvalue weighted by molar-refractivity contribution is 8.13. The van der Waals surface area contributed by atoms with Gasteiger partial charge in [0.2, 0.25) is 0 Å². The number of amides is 2. The van der Waals surface area contributed by atoms with Crippen LogP contribution in [-0.2, 0) is 11.2 Å². The second kappa shape index (κ2) is 14.1. The van der Waals surface area contributed by atoms with E-state index in [-0.39, 0.29) is 17.9 Å². The SMILES string of the molecule is CCCCCCc1ccc(C(=O)Nc2ccc(C3C(C(=O)Nc4ccc(C)cc4C)=C(C)N=C4SCCCN43)cc2)cc1. The maximum atomic E-state index is 13.8. The lowest BCUT2D eigenvalue weighted by Crippen LogP contribution is -2.43. The molecule has 1 unspecified atom stereocenters. The van der Waals surface area contributed by atoms with Gasteiger partial charge in [-0.15, -0.1) is 0 Å². The zero-order valence-electron chi connectivity index (χ0n) is 25.7. The van der Waals surface area contributed by atoms with Crippen LogP contribution in [-0.4, -0.2) is 34.2 Å². The molecule has 6 nitrogen and oxygen atoms in total. The predicted octanol–water partition coefficient (Wildman–Crippen LogP) is 8.44. The Kier molecular flexibility index (Phi) is 10.0. The van der Waals surface area contributed by atoms with Crippen molar-refractivity contribution in [2.45, 2.75) is 72.3 Å². The molecule has 0 radical (unpaired) electrons. The number of hydrogen-bond acceptors (Lipinski definition) is 5. The van der Waals surface area contributed by atoms with Crippen LogP contribution in [0.1, 0.15) is 84.6 Å². The van der Waals surface area contributed by atoms with Crippen LogP contribution in [0.2, 0.25) is 0 Å². The van der Waals surface area contributed by atoms with Gasteiger partial charge in [-0.3, -0.25) is 9.59 Å². The number of carbonyl (C=O) groups excluding carboxylic acids is 2. The molecule has 1 fully saturated rings. The minimum atomic E-state index is -0.263. The number of nitrogens with zero attached hydrogens (tertiary/aromatic N) is 2. The summed E-state index contributed by atoms with van der Waals surface area (Å²) in [5, 5.41) is 7.15. The first-order valence-electron chi connectivity index (χ1n) is 15.4. The van der Waals surface area contributed by atoms with Crippen LogP contribution < -0.4 is 10.6 Å². The van der Waals surface area contributed by atoms with E-state index in [1.807, 2.05) is 69.3 Å². The highest BCUT2D eigenvalue weighted by Crippen LogP contribution is 2.40. The summed E-state index contributed by atoms with van der Waals surface area (Å²) in [5.74, 6) is 0.748. The number of benzene rings is 3. The molecule has 3 aromatic carbocycles. The molecule has 0 spiro atoms. The van der Waals surface area contributed by atoms with E-state index in [1.54, 1.807) is 11.8 Å². The zero-order valence-corrected chi connectivity index (χ0v) is 26.5. The van der Waals surface area contributed by atoms with Gasteiger partial charge in [0, 0.05) is 29.2 Å². The highest BCUT2D eigenvalue weighted by Gasteiger charge is 2.37. The van der Waals surface area contributed by atoms with Crippen LogP contribution in [0.25, 0.3) is 0 Å². The summed E-state index contributed by atoms with van der Waals surface area (Å²) < 4.78 is 0. The fraction of sp³-hybridized carbons (Fsp3) is 0.361. The van der Waals surface area contributed by atoms with E-state index in [0.717, 1.165) is 64.1 Å². The van der Waals surface area contributed by atoms with Crippen molar-refractivity contribution >= 4 is 40.1 Å². The van der Waals surface area contributed by atoms with Crippen molar-refractivity contribution in [2.24, 2.45) is 4.99 Å². The first-order chi connectivity index (χ1) is 20.8. The molecule has 43 heavy (non-hydrogen) atoms. The maximum Gasteiger partial charge on any atom is 0.255 e. The van der Waals surface area contributed by atoms with E-state index in [2.05, 4.69) is 40.7 Å². The van der Waals surface area contributed by atoms with Gasteiger partial charge < -0.3 is 15.5 Å². The zero-order chi connectivity index (χ0) is 30.3. The van der Waals surface area contributed by atoms with Crippen molar-refractivity contribution in [3.63, 3.8) is 0 Å². The number of thioether (sulfide) groups is 1. The van der Waals surface area contributed by atoms with Crippen LogP contribution in [0.4, 0.5) is 11.4 Å². The van der Waals surface area contributed by atoms with Gasteiger partial charge in [-0.05, 0) is 87.1 Å². The smallest absolute Gasteiger partial charge is 0.255 e. The number of unbranched alkanes of at least 4 members (excludes halogenated alkanes) is 3. The van der Waals surface area contributed by atoms with Crippen LogP contribution in [0.3, 0.4) is 0 Å². The molecule has 0 bridgehead atoms. The third kappa shape index (κ3) is 7.39. The van der Waals surface area contributed by atoms with E-state index in [0.29, 0.717) is 11.1 Å². The van der Waals surface area contributed by atoms with Gasteiger partial charge in [-0.2, -0.15) is 0 Å². The van der Waals surface area contributed by atoms with Gasteiger partial charge in [0.25, 0.3) is 11.8 Å². The molecule has 2 amide bonds. The number of aliphatic imine (C=N–C) groups is 1. The third-order valence-electron chi connectivity index (χ3n) is 8.15. The Morgan fingerprint density at radius 1 is 0.907 bits per heavy atom. The fourth-order valence-electron chi connectivity index (χ4n) is 5.78. The second-order valence-electron chi connectivity index (χ2n) is 11.5. The molecule has 7 heteroatoms. The lowest BCUT2D eigenvalue weighted by atomic mass is 9.93. The quantitative estimate of drug-likeness (QED) is 0.231. The first kappa shape index (κ1) is 30.6. The minimum Gasteiger partial charge on any atom is -0.340 e. The number of amidine groups is 1. The minimum absolute atomic E-state index is 0.130. The lowest BCUT2D eigenvalue weighted by molar-refractivity contribution is -0.113. The van der Waals surface area contributed by atoms with Gasteiger partial charge >= 0.3 is 0 Å². The summed E-state index contributed by atoms with van der Waals surface area (Å²) in [7, 11) is 0. The Balaban J connectivity index is 1.33. The molecular weight excluding hydrogens is 552 g/mol. The third-order valence-corrected chi connectivity index (χ3v) is 9.23. The summed E-state index contributed by atoms with van der Waals surface area (Å²) in [4.78, 5) is 33.9. The number of rotatable bonds is 10. The Bertz CT molecular complexity index is 1530.